The molecule has 140 valence electrons. The molecular weight excluding hydrogens is 386 g/mol. The third-order valence-corrected chi connectivity index (χ3v) is 6.46. The molecular formula is C19H18ClN3O3S. The molecule has 1 N–H and O–H groups in total. The summed E-state index contributed by atoms with van der Waals surface area (Å²) in [6.45, 7) is 1.68. The lowest BCUT2D eigenvalue weighted by molar-refractivity contribution is 0.379. The highest BCUT2D eigenvalue weighted by Crippen LogP contribution is 2.38. The number of anilines is 1. The lowest BCUT2D eigenvalue weighted by Gasteiger charge is -2.13. The van der Waals surface area contributed by atoms with Gasteiger partial charge < -0.3 is 4.52 Å². The number of hydrogen-bond acceptors (Lipinski definition) is 5. The summed E-state index contributed by atoms with van der Waals surface area (Å²) in [6.07, 6.45) is 2.54. The van der Waals surface area contributed by atoms with Crippen molar-refractivity contribution >= 4 is 27.3 Å². The Morgan fingerprint density at radius 1 is 1.19 bits per heavy atom. The van der Waals surface area contributed by atoms with Gasteiger partial charge in [0.1, 0.15) is 0 Å². The Kier molecular flexibility index (Phi) is 4.65. The fourth-order valence-corrected chi connectivity index (χ4v) is 4.46. The van der Waals surface area contributed by atoms with Gasteiger partial charge in [-0.05, 0) is 49.1 Å². The lowest BCUT2D eigenvalue weighted by atomic mass is 10.1. The van der Waals surface area contributed by atoms with Crippen LogP contribution in [0.5, 0.6) is 0 Å². The topological polar surface area (TPSA) is 85.1 Å². The van der Waals surface area contributed by atoms with Gasteiger partial charge in [0.15, 0.2) is 5.82 Å². The van der Waals surface area contributed by atoms with E-state index in [0.29, 0.717) is 34.5 Å². The predicted molar refractivity (Wildman–Crippen MR) is 103 cm³/mol. The van der Waals surface area contributed by atoms with E-state index in [9.17, 15) is 8.42 Å². The van der Waals surface area contributed by atoms with Crippen molar-refractivity contribution in [3.05, 3.63) is 70.3 Å². The van der Waals surface area contributed by atoms with Crippen LogP contribution >= 0.6 is 11.6 Å². The first-order valence-corrected chi connectivity index (χ1v) is 10.5. The van der Waals surface area contributed by atoms with E-state index in [4.69, 9.17) is 16.1 Å². The Morgan fingerprint density at radius 3 is 2.74 bits per heavy atom. The summed E-state index contributed by atoms with van der Waals surface area (Å²) in [7, 11) is -3.78. The highest BCUT2D eigenvalue weighted by Gasteiger charge is 2.29. The molecule has 0 aliphatic heterocycles. The Balaban J connectivity index is 1.61. The molecule has 6 nitrogen and oxygen atoms in total. The molecule has 2 aromatic carbocycles. The fraction of sp³-hybridized carbons (Fsp3) is 0.263. The molecule has 3 aromatic rings. The zero-order valence-electron chi connectivity index (χ0n) is 14.6. The first kappa shape index (κ1) is 18.0. The molecule has 4 rings (SSSR count). The number of halogens is 1. The van der Waals surface area contributed by atoms with Crippen molar-refractivity contribution in [2.45, 2.75) is 37.0 Å². The zero-order valence-corrected chi connectivity index (χ0v) is 16.2. The molecule has 0 atom stereocenters. The molecule has 0 saturated heterocycles. The molecule has 1 fully saturated rings. The number of para-hydroxylation sites is 1. The summed E-state index contributed by atoms with van der Waals surface area (Å²) < 4.78 is 33.7. The van der Waals surface area contributed by atoms with Crippen LogP contribution in [-0.4, -0.2) is 18.6 Å². The normalized spacial score (nSPS) is 14.3. The maximum atomic E-state index is 12.9. The van der Waals surface area contributed by atoms with Crippen molar-refractivity contribution in [3.8, 4) is 0 Å². The van der Waals surface area contributed by atoms with Crippen LogP contribution < -0.4 is 4.72 Å². The second-order valence-electron chi connectivity index (χ2n) is 6.62. The van der Waals surface area contributed by atoms with E-state index < -0.39 is 10.0 Å². The van der Waals surface area contributed by atoms with E-state index in [1.165, 1.54) is 6.07 Å². The van der Waals surface area contributed by atoms with Crippen LogP contribution in [0.2, 0.25) is 5.02 Å². The van der Waals surface area contributed by atoms with Crippen LogP contribution in [0.1, 0.15) is 41.6 Å². The molecule has 1 heterocycles. The Bertz CT molecular complexity index is 1090. The van der Waals surface area contributed by atoms with E-state index in [0.717, 1.165) is 24.2 Å². The maximum absolute atomic E-state index is 12.9. The largest absolute Gasteiger partial charge is 0.339 e. The second kappa shape index (κ2) is 6.98. The first-order valence-electron chi connectivity index (χ1n) is 8.62. The van der Waals surface area contributed by atoms with Gasteiger partial charge in [-0.2, -0.15) is 4.98 Å². The van der Waals surface area contributed by atoms with Gasteiger partial charge in [0.2, 0.25) is 5.89 Å². The summed E-state index contributed by atoms with van der Waals surface area (Å²) >= 11 is 6.07. The van der Waals surface area contributed by atoms with Crippen LogP contribution in [0.15, 0.2) is 51.9 Å². The van der Waals surface area contributed by atoms with Crippen LogP contribution in [0.3, 0.4) is 0 Å². The van der Waals surface area contributed by atoms with Crippen molar-refractivity contribution < 1.29 is 12.9 Å². The van der Waals surface area contributed by atoms with Gasteiger partial charge in [0.25, 0.3) is 10.0 Å². The molecule has 27 heavy (non-hydrogen) atoms. The third kappa shape index (κ3) is 3.84. The summed E-state index contributed by atoms with van der Waals surface area (Å²) in [5.41, 5.74) is 1.74. The van der Waals surface area contributed by atoms with Crippen LogP contribution in [-0.2, 0) is 16.4 Å². The summed E-state index contributed by atoms with van der Waals surface area (Å²) in [4.78, 5) is 4.57. The zero-order chi connectivity index (χ0) is 19.0. The van der Waals surface area contributed by atoms with Crippen molar-refractivity contribution in [1.29, 1.82) is 0 Å². The number of sulfonamides is 1. The average molecular weight is 404 g/mol. The molecule has 0 unspecified atom stereocenters. The minimum Gasteiger partial charge on any atom is -0.339 e. The maximum Gasteiger partial charge on any atom is 0.262 e. The van der Waals surface area contributed by atoms with Gasteiger partial charge in [0, 0.05) is 10.9 Å². The van der Waals surface area contributed by atoms with Gasteiger partial charge in [0.05, 0.1) is 17.0 Å². The molecule has 8 heteroatoms. The van der Waals surface area contributed by atoms with Gasteiger partial charge in [-0.1, -0.05) is 41.0 Å². The Hall–Kier alpha value is -2.38. The van der Waals surface area contributed by atoms with E-state index in [1.54, 1.807) is 31.2 Å². The number of aromatic nitrogens is 2. The molecule has 1 aromatic heterocycles. The minimum atomic E-state index is -3.78. The molecule has 0 amide bonds. The number of benzene rings is 2. The Morgan fingerprint density at radius 2 is 1.96 bits per heavy atom. The van der Waals surface area contributed by atoms with Crippen LogP contribution in [0.25, 0.3) is 0 Å². The van der Waals surface area contributed by atoms with Gasteiger partial charge in [-0.25, -0.2) is 8.42 Å². The van der Waals surface area contributed by atoms with E-state index in [-0.39, 0.29) is 4.90 Å². The van der Waals surface area contributed by atoms with Crippen molar-refractivity contribution in [2.24, 2.45) is 0 Å². The average Bonchev–Trinajstić information content (AvgIpc) is 3.38. The standard InChI is InChI=1S/C19H18ClN3O3S/c1-12-15(20)6-4-8-17(12)27(24,25)23-16-7-3-2-5-14(16)11-18-21-19(22-26-18)13-9-10-13/h2-8,13,23H,9-11H2,1H3. The summed E-state index contributed by atoms with van der Waals surface area (Å²) in [5, 5.41) is 4.42. The van der Waals surface area contributed by atoms with Gasteiger partial charge >= 0.3 is 0 Å². The summed E-state index contributed by atoms with van der Waals surface area (Å²) in [6, 6.07) is 12.0. The van der Waals surface area contributed by atoms with Gasteiger partial charge in [-0.3, -0.25) is 4.72 Å². The van der Waals surface area contributed by atoms with Crippen molar-refractivity contribution in [2.75, 3.05) is 4.72 Å². The number of rotatable bonds is 6. The highest BCUT2D eigenvalue weighted by molar-refractivity contribution is 7.92. The molecule has 1 aliphatic rings. The fourth-order valence-electron chi connectivity index (χ4n) is 2.86. The third-order valence-electron chi connectivity index (χ3n) is 4.54. The van der Waals surface area contributed by atoms with Crippen LogP contribution in [0.4, 0.5) is 5.69 Å². The number of nitrogens with zero attached hydrogens (tertiary/aromatic N) is 2. The van der Waals surface area contributed by atoms with E-state index >= 15 is 0 Å². The number of nitrogens with one attached hydrogen (secondary N) is 1. The summed E-state index contributed by atoms with van der Waals surface area (Å²) in [5.74, 6) is 1.61. The Labute approximate surface area is 162 Å². The quantitative estimate of drug-likeness (QED) is 0.663. The smallest absolute Gasteiger partial charge is 0.262 e. The van der Waals surface area contributed by atoms with E-state index in [1.807, 2.05) is 12.1 Å². The first-order chi connectivity index (χ1) is 12.9. The molecule has 0 bridgehead atoms. The molecule has 0 radical (unpaired) electrons. The van der Waals surface area contributed by atoms with Gasteiger partial charge in [-0.15, -0.1) is 0 Å². The monoisotopic (exact) mass is 403 g/mol. The van der Waals surface area contributed by atoms with E-state index in [2.05, 4.69) is 14.9 Å². The lowest BCUT2D eigenvalue weighted by Crippen LogP contribution is -2.15. The molecule has 1 aliphatic carbocycles. The molecule has 0 spiro atoms. The van der Waals surface area contributed by atoms with Crippen LogP contribution in [0, 0.1) is 6.92 Å². The minimum absolute atomic E-state index is 0.151. The molecule has 1 saturated carbocycles. The highest BCUT2D eigenvalue weighted by atomic mass is 35.5. The second-order valence-corrected chi connectivity index (χ2v) is 8.68. The van der Waals surface area contributed by atoms with Crippen molar-refractivity contribution in [1.82, 2.24) is 10.1 Å². The SMILES string of the molecule is Cc1c(Cl)cccc1S(=O)(=O)Nc1ccccc1Cc1nc(C2CC2)no1. The predicted octanol–water partition coefficient (Wildman–Crippen LogP) is 4.30. The number of hydrogen-bond donors (Lipinski definition) is 1. The van der Waals surface area contributed by atoms with Crippen molar-refractivity contribution in [3.63, 3.8) is 0 Å².